The van der Waals surface area contributed by atoms with Crippen molar-refractivity contribution in [1.29, 1.82) is 0 Å². The molecular weight excluding hydrogens is 198 g/mol. The molecule has 15 heavy (non-hydrogen) atoms. The van der Waals surface area contributed by atoms with Crippen molar-refractivity contribution in [2.45, 2.75) is 20.1 Å². The summed E-state index contributed by atoms with van der Waals surface area (Å²) < 4.78 is 12.3. The van der Waals surface area contributed by atoms with Gasteiger partial charge in [-0.3, -0.25) is 0 Å². The summed E-state index contributed by atoms with van der Waals surface area (Å²) in [5.74, 6) is 0.597. The number of ether oxygens (including phenoxy) is 2. The van der Waals surface area contributed by atoms with E-state index in [1.54, 1.807) is 11.7 Å². The fourth-order valence-electron chi connectivity index (χ4n) is 1.09. The van der Waals surface area contributed by atoms with Gasteiger partial charge in [-0.05, 0) is 24.3 Å². The molecule has 0 radical (unpaired) electrons. The average Bonchev–Trinajstić information content (AvgIpc) is 2.61. The van der Waals surface area contributed by atoms with Crippen LogP contribution in [0.3, 0.4) is 0 Å². The van der Waals surface area contributed by atoms with Crippen molar-refractivity contribution in [2.24, 2.45) is 7.05 Å². The highest BCUT2D eigenvalue weighted by atomic mass is 16.7. The van der Waals surface area contributed by atoms with Gasteiger partial charge in [-0.2, -0.15) is 0 Å². The number of anilines is 1. The predicted molar refractivity (Wildman–Crippen MR) is 54.3 cm³/mol. The van der Waals surface area contributed by atoms with E-state index in [1.807, 2.05) is 13.8 Å². The zero-order valence-corrected chi connectivity index (χ0v) is 9.30. The Balaban J connectivity index is 2.36. The predicted octanol–water partition coefficient (Wildman–Crippen LogP) is 0.0211. The fourth-order valence-corrected chi connectivity index (χ4v) is 1.09. The first kappa shape index (κ1) is 11.9. The molecule has 0 bridgehead atoms. The monoisotopic (exact) mass is 215 g/mol. The summed E-state index contributed by atoms with van der Waals surface area (Å²) in [6, 6.07) is 0. The molecule has 0 aliphatic heterocycles. The van der Waals surface area contributed by atoms with Gasteiger partial charge >= 0.3 is 0 Å². The SMILES string of the molecule is CCOC(CNc1nnnn1C)OCC. The fraction of sp³-hybridized carbons (Fsp3) is 0.875. The molecule has 7 nitrogen and oxygen atoms in total. The molecule has 0 spiro atoms. The molecule has 1 aromatic heterocycles. The zero-order valence-electron chi connectivity index (χ0n) is 9.30. The molecule has 0 aliphatic carbocycles. The molecule has 0 amide bonds. The smallest absolute Gasteiger partial charge is 0.242 e. The molecule has 1 N–H and O–H groups in total. The number of tetrazole rings is 1. The third-order valence-electron chi connectivity index (χ3n) is 1.75. The first-order valence-corrected chi connectivity index (χ1v) is 4.97. The lowest BCUT2D eigenvalue weighted by Crippen LogP contribution is -2.27. The van der Waals surface area contributed by atoms with Gasteiger partial charge < -0.3 is 14.8 Å². The number of nitrogens with one attached hydrogen (secondary N) is 1. The van der Waals surface area contributed by atoms with E-state index in [0.29, 0.717) is 25.7 Å². The number of nitrogens with zero attached hydrogens (tertiary/aromatic N) is 4. The molecular formula is C8H17N5O2. The third kappa shape index (κ3) is 3.80. The second-order valence-corrected chi connectivity index (χ2v) is 2.85. The molecule has 0 aliphatic rings. The van der Waals surface area contributed by atoms with Crippen LogP contribution in [0, 0.1) is 0 Å². The van der Waals surface area contributed by atoms with E-state index in [-0.39, 0.29) is 6.29 Å². The van der Waals surface area contributed by atoms with Crippen molar-refractivity contribution in [3.8, 4) is 0 Å². The Morgan fingerprint density at radius 1 is 1.33 bits per heavy atom. The van der Waals surface area contributed by atoms with Crippen LogP contribution in [0.4, 0.5) is 5.95 Å². The van der Waals surface area contributed by atoms with Crippen LogP contribution in [0.5, 0.6) is 0 Å². The Bertz CT molecular complexity index is 272. The molecule has 7 heteroatoms. The lowest BCUT2D eigenvalue weighted by molar-refractivity contribution is -0.126. The van der Waals surface area contributed by atoms with Crippen LogP contribution in [0.1, 0.15) is 13.8 Å². The van der Waals surface area contributed by atoms with E-state index < -0.39 is 0 Å². The number of hydrogen-bond acceptors (Lipinski definition) is 6. The van der Waals surface area contributed by atoms with Crippen LogP contribution < -0.4 is 5.32 Å². The van der Waals surface area contributed by atoms with Crippen molar-refractivity contribution in [1.82, 2.24) is 20.2 Å². The Morgan fingerprint density at radius 2 is 2.00 bits per heavy atom. The largest absolute Gasteiger partial charge is 0.351 e. The minimum absolute atomic E-state index is 0.267. The summed E-state index contributed by atoms with van der Waals surface area (Å²) in [6.07, 6.45) is -0.267. The van der Waals surface area contributed by atoms with E-state index in [2.05, 4.69) is 20.8 Å². The van der Waals surface area contributed by atoms with E-state index in [1.165, 1.54) is 0 Å². The molecule has 0 saturated carbocycles. The third-order valence-corrected chi connectivity index (χ3v) is 1.75. The lowest BCUT2D eigenvalue weighted by atomic mass is 10.6. The van der Waals surface area contributed by atoms with Crippen LogP contribution in [0.25, 0.3) is 0 Å². The molecule has 1 rings (SSSR count). The standard InChI is InChI=1S/C8H17N5O2/c1-4-14-7(15-5-2)6-9-8-10-11-12-13(8)3/h7H,4-6H2,1-3H3,(H,9,10,12). The Hall–Kier alpha value is -1.21. The minimum Gasteiger partial charge on any atom is -0.351 e. The van der Waals surface area contributed by atoms with Gasteiger partial charge in [0.1, 0.15) is 0 Å². The maximum atomic E-state index is 5.36. The van der Waals surface area contributed by atoms with Crippen LogP contribution in [-0.2, 0) is 16.5 Å². The van der Waals surface area contributed by atoms with Gasteiger partial charge in [0.05, 0.1) is 6.54 Å². The van der Waals surface area contributed by atoms with Crippen LogP contribution >= 0.6 is 0 Å². The molecule has 1 aromatic rings. The highest BCUT2D eigenvalue weighted by molar-refractivity contribution is 5.20. The van der Waals surface area contributed by atoms with Gasteiger partial charge in [0, 0.05) is 20.3 Å². The number of rotatable bonds is 7. The van der Waals surface area contributed by atoms with E-state index >= 15 is 0 Å². The van der Waals surface area contributed by atoms with E-state index in [9.17, 15) is 0 Å². The molecule has 0 unspecified atom stereocenters. The van der Waals surface area contributed by atoms with Crippen molar-refractivity contribution >= 4 is 5.95 Å². The lowest BCUT2D eigenvalue weighted by Gasteiger charge is -2.16. The van der Waals surface area contributed by atoms with E-state index in [4.69, 9.17) is 9.47 Å². The highest BCUT2D eigenvalue weighted by Crippen LogP contribution is 1.99. The van der Waals surface area contributed by atoms with E-state index in [0.717, 1.165) is 0 Å². The molecule has 1 heterocycles. The molecule has 0 aromatic carbocycles. The second-order valence-electron chi connectivity index (χ2n) is 2.85. The van der Waals surface area contributed by atoms with Gasteiger partial charge in [-0.1, -0.05) is 5.10 Å². The van der Waals surface area contributed by atoms with Crippen molar-refractivity contribution in [3.05, 3.63) is 0 Å². The number of hydrogen-bond donors (Lipinski definition) is 1. The summed E-state index contributed by atoms with van der Waals surface area (Å²) in [5, 5.41) is 14.0. The highest BCUT2D eigenvalue weighted by Gasteiger charge is 2.09. The van der Waals surface area contributed by atoms with Gasteiger partial charge in [0.15, 0.2) is 6.29 Å². The maximum Gasteiger partial charge on any atom is 0.242 e. The maximum absolute atomic E-state index is 5.36. The molecule has 0 saturated heterocycles. The van der Waals surface area contributed by atoms with Crippen molar-refractivity contribution in [2.75, 3.05) is 25.1 Å². The summed E-state index contributed by atoms with van der Waals surface area (Å²) in [4.78, 5) is 0. The number of aryl methyl sites for hydroxylation is 1. The van der Waals surface area contributed by atoms with Gasteiger partial charge in [0.2, 0.25) is 5.95 Å². The summed E-state index contributed by atoms with van der Waals surface area (Å²) in [5.41, 5.74) is 0. The van der Waals surface area contributed by atoms with Crippen LogP contribution in [0.2, 0.25) is 0 Å². The van der Waals surface area contributed by atoms with Crippen LogP contribution in [0.15, 0.2) is 0 Å². The second kappa shape index (κ2) is 6.31. The first-order valence-electron chi connectivity index (χ1n) is 4.97. The topological polar surface area (TPSA) is 74.1 Å². The summed E-state index contributed by atoms with van der Waals surface area (Å²) in [7, 11) is 1.76. The molecule has 0 atom stereocenters. The van der Waals surface area contributed by atoms with Crippen molar-refractivity contribution < 1.29 is 9.47 Å². The first-order chi connectivity index (χ1) is 7.27. The van der Waals surface area contributed by atoms with Gasteiger partial charge in [-0.15, -0.1) is 0 Å². The normalized spacial score (nSPS) is 10.9. The minimum atomic E-state index is -0.267. The molecule has 86 valence electrons. The Labute approximate surface area is 88.7 Å². The Kier molecular flexibility index (Phi) is 4.99. The Morgan fingerprint density at radius 3 is 2.47 bits per heavy atom. The molecule has 0 fully saturated rings. The average molecular weight is 215 g/mol. The summed E-state index contributed by atoms with van der Waals surface area (Å²) >= 11 is 0. The zero-order chi connectivity index (χ0) is 11.1. The van der Waals surface area contributed by atoms with Gasteiger partial charge in [-0.25, -0.2) is 4.68 Å². The quantitative estimate of drug-likeness (QED) is 0.646. The van der Waals surface area contributed by atoms with Crippen molar-refractivity contribution in [3.63, 3.8) is 0 Å². The summed E-state index contributed by atoms with van der Waals surface area (Å²) in [6.45, 7) is 5.61. The van der Waals surface area contributed by atoms with Gasteiger partial charge in [0.25, 0.3) is 0 Å². The number of aromatic nitrogens is 4. The van der Waals surface area contributed by atoms with Crippen LogP contribution in [-0.4, -0.2) is 46.3 Å².